The fourth-order valence-electron chi connectivity index (χ4n) is 2.97. The second-order valence-corrected chi connectivity index (χ2v) is 5.64. The minimum absolute atomic E-state index is 0.0947. The van der Waals surface area contributed by atoms with Crippen LogP contribution in [0.4, 0.5) is 24.5 Å². The quantitative estimate of drug-likeness (QED) is 0.861. The molecule has 8 heteroatoms. The van der Waals surface area contributed by atoms with E-state index in [2.05, 4.69) is 5.32 Å². The molecule has 25 heavy (non-hydrogen) atoms. The average Bonchev–Trinajstić information content (AvgIpc) is 3.06. The molecule has 5 nitrogen and oxygen atoms in total. The van der Waals surface area contributed by atoms with Gasteiger partial charge in [0, 0.05) is 12.2 Å². The highest BCUT2D eigenvalue weighted by atomic mass is 19.4. The number of esters is 1. The zero-order valence-corrected chi connectivity index (χ0v) is 13.3. The number of benzene rings is 1. The summed E-state index contributed by atoms with van der Waals surface area (Å²) in [6, 6.07) is 6.12. The molecule has 0 bridgehead atoms. The van der Waals surface area contributed by atoms with Gasteiger partial charge in [0.2, 0.25) is 0 Å². The number of aromatic nitrogens is 1. The Morgan fingerprint density at radius 1 is 1.24 bits per heavy atom. The summed E-state index contributed by atoms with van der Waals surface area (Å²) in [7, 11) is 1.21. The van der Waals surface area contributed by atoms with E-state index in [0.29, 0.717) is 25.1 Å². The third-order valence-corrected chi connectivity index (χ3v) is 4.10. The number of alkyl halides is 3. The fourth-order valence-corrected chi connectivity index (χ4v) is 2.97. The van der Waals surface area contributed by atoms with Gasteiger partial charge in [-0.3, -0.25) is 4.79 Å². The minimum Gasteiger partial charge on any atom is -0.465 e. The van der Waals surface area contributed by atoms with Gasteiger partial charge in [-0.05, 0) is 31.0 Å². The van der Waals surface area contributed by atoms with Crippen LogP contribution < -0.4 is 10.9 Å². The van der Waals surface area contributed by atoms with Crippen LogP contribution >= 0.6 is 0 Å². The number of carbonyl (C=O) groups is 1. The van der Waals surface area contributed by atoms with Gasteiger partial charge in [-0.15, -0.1) is 0 Å². The Hall–Kier alpha value is -2.77. The van der Waals surface area contributed by atoms with Crippen molar-refractivity contribution >= 4 is 17.3 Å². The second kappa shape index (κ2) is 6.27. The first-order valence-corrected chi connectivity index (χ1v) is 7.61. The van der Waals surface area contributed by atoms with Crippen LogP contribution in [0.1, 0.15) is 28.0 Å². The molecule has 0 radical (unpaired) electrons. The number of methoxy groups -OCH3 is 1. The molecule has 1 aromatic carbocycles. The first kappa shape index (κ1) is 17.1. The van der Waals surface area contributed by atoms with Crippen LogP contribution in [-0.4, -0.2) is 17.6 Å². The van der Waals surface area contributed by atoms with Crippen LogP contribution in [0.15, 0.2) is 35.1 Å². The van der Waals surface area contributed by atoms with E-state index in [1.165, 1.54) is 35.9 Å². The molecular weight excluding hydrogens is 337 g/mol. The predicted molar refractivity (Wildman–Crippen MR) is 85.1 cm³/mol. The number of para-hydroxylation sites is 1. The molecule has 1 N–H and O–H groups in total. The standard InChI is InChI=1S/C17H15F3N2O3/c1-25-16(24)10-9-13(15(23)22-8-4-7-14(10)22)21-12-6-3-2-5-11(12)17(18,19)20/h2-3,5-6,9,21H,4,7-8H2,1H3. The van der Waals surface area contributed by atoms with E-state index < -0.39 is 23.3 Å². The molecule has 0 amide bonds. The fraction of sp³-hybridized carbons (Fsp3) is 0.294. The van der Waals surface area contributed by atoms with E-state index in [0.717, 1.165) is 6.07 Å². The highest BCUT2D eigenvalue weighted by Gasteiger charge is 2.33. The number of halogens is 3. The van der Waals surface area contributed by atoms with Crippen molar-refractivity contribution in [2.24, 2.45) is 0 Å². The number of anilines is 2. The molecule has 0 spiro atoms. The second-order valence-electron chi connectivity index (χ2n) is 5.64. The Morgan fingerprint density at radius 3 is 2.64 bits per heavy atom. The number of hydrogen-bond acceptors (Lipinski definition) is 4. The zero-order valence-electron chi connectivity index (χ0n) is 13.3. The zero-order chi connectivity index (χ0) is 18.2. The summed E-state index contributed by atoms with van der Waals surface area (Å²) in [6.07, 6.45) is -3.34. The van der Waals surface area contributed by atoms with Crippen LogP contribution in [0, 0.1) is 0 Å². The van der Waals surface area contributed by atoms with Crippen molar-refractivity contribution in [2.45, 2.75) is 25.6 Å². The minimum atomic E-state index is -4.57. The maximum absolute atomic E-state index is 13.1. The molecule has 2 heterocycles. The molecule has 2 aromatic rings. The Balaban J connectivity index is 2.11. The number of nitrogens with one attached hydrogen (secondary N) is 1. The Morgan fingerprint density at radius 2 is 1.96 bits per heavy atom. The van der Waals surface area contributed by atoms with Gasteiger partial charge >= 0.3 is 12.1 Å². The van der Waals surface area contributed by atoms with Crippen molar-refractivity contribution in [1.29, 1.82) is 0 Å². The molecule has 0 saturated carbocycles. The van der Waals surface area contributed by atoms with Gasteiger partial charge in [-0.1, -0.05) is 12.1 Å². The van der Waals surface area contributed by atoms with Crippen LogP contribution in [0.2, 0.25) is 0 Å². The van der Waals surface area contributed by atoms with Crippen molar-refractivity contribution in [1.82, 2.24) is 4.57 Å². The molecule has 0 atom stereocenters. The molecule has 3 rings (SSSR count). The van der Waals surface area contributed by atoms with Gasteiger partial charge in [0.05, 0.1) is 23.9 Å². The molecular formula is C17H15F3N2O3. The van der Waals surface area contributed by atoms with E-state index in [1.54, 1.807) is 0 Å². The highest BCUT2D eigenvalue weighted by Crippen LogP contribution is 2.35. The monoisotopic (exact) mass is 352 g/mol. The molecule has 1 aliphatic heterocycles. The van der Waals surface area contributed by atoms with Crippen molar-refractivity contribution in [3.05, 3.63) is 57.5 Å². The van der Waals surface area contributed by atoms with Crippen molar-refractivity contribution in [3.8, 4) is 0 Å². The highest BCUT2D eigenvalue weighted by molar-refractivity contribution is 5.92. The SMILES string of the molecule is COC(=O)c1cc(Nc2ccccc2C(F)(F)F)c(=O)n2c1CCC2. The summed E-state index contributed by atoms with van der Waals surface area (Å²) in [6.45, 7) is 0.411. The molecule has 0 aliphatic carbocycles. The van der Waals surface area contributed by atoms with Gasteiger partial charge in [0.1, 0.15) is 5.69 Å². The van der Waals surface area contributed by atoms with Gasteiger partial charge in [-0.25, -0.2) is 4.79 Å². The van der Waals surface area contributed by atoms with E-state index in [1.807, 2.05) is 0 Å². The van der Waals surface area contributed by atoms with Gasteiger partial charge < -0.3 is 14.6 Å². The lowest BCUT2D eigenvalue weighted by atomic mass is 10.1. The first-order valence-electron chi connectivity index (χ1n) is 7.61. The number of ether oxygens (including phenoxy) is 1. The normalized spacial score (nSPS) is 13.4. The molecule has 0 saturated heterocycles. The summed E-state index contributed by atoms with van der Waals surface area (Å²) in [5.41, 5.74) is -0.959. The number of hydrogen-bond donors (Lipinski definition) is 1. The average molecular weight is 352 g/mol. The number of nitrogens with zero attached hydrogens (tertiary/aromatic N) is 1. The molecule has 0 unspecified atom stereocenters. The molecule has 1 aromatic heterocycles. The number of rotatable bonds is 3. The number of carbonyl (C=O) groups excluding carboxylic acids is 1. The van der Waals surface area contributed by atoms with Gasteiger partial charge in [0.15, 0.2) is 0 Å². The molecule has 132 valence electrons. The number of fused-ring (bicyclic) bond motifs is 1. The van der Waals surface area contributed by atoms with Crippen molar-refractivity contribution < 1.29 is 22.7 Å². The maximum Gasteiger partial charge on any atom is 0.418 e. The van der Waals surface area contributed by atoms with Crippen LogP contribution in [0.3, 0.4) is 0 Å². The maximum atomic E-state index is 13.1. The van der Waals surface area contributed by atoms with Crippen molar-refractivity contribution in [2.75, 3.05) is 12.4 Å². The molecule has 1 aliphatic rings. The summed E-state index contributed by atoms with van der Waals surface area (Å²) >= 11 is 0. The van der Waals surface area contributed by atoms with Crippen LogP contribution in [0.25, 0.3) is 0 Å². The van der Waals surface area contributed by atoms with E-state index >= 15 is 0 Å². The Labute approximate surface area is 141 Å². The lowest BCUT2D eigenvalue weighted by Crippen LogP contribution is -2.25. The third-order valence-electron chi connectivity index (χ3n) is 4.10. The predicted octanol–water partition coefficient (Wildman–Crippen LogP) is 3.34. The van der Waals surface area contributed by atoms with E-state index in [-0.39, 0.29) is 16.9 Å². The number of pyridine rings is 1. The van der Waals surface area contributed by atoms with E-state index in [9.17, 15) is 22.8 Å². The Bertz CT molecular complexity index is 888. The first-order chi connectivity index (χ1) is 11.8. The summed E-state index contributed by atoms with van der Waals surface area (Å²) in [5.74, 6) is -0.627. The third kappa shape index (κ3) is 3.11. The molecule has 0 fully saturated rings. The smallest absolute Gasteiger partial charge is 0.418 e. The van der Waals surface area contributed by atoms with Gasteiger partial charge in [0.25, 0.3) is 5.56 Å². The lowest BCUT2D eigenvalue weighted by Gasteiger charge is -2.16. The largest absolute Gasteiger partial charge is 0.465 e. The van der Waals surface area contributed by atoms with Gasteiger partial charge in [-0.2, -0.15) is 13.2 Å². The van der Waals surface area contributed by atoms with E-state index in [4.69, 9.17) is 4.74 Å². The van der Waals surface area contributed by atoms with Crippen molar-refractivity contribution in [3.63, 3.8) is 0 Å². The lowest BCUT2D eigenvalue weighted by molar-refractivity contribution is -0.136. The topological polar surface area (TPSA) is 60.3 Å². The summed E-state index contributed by atoms with van der Waals surface area (Å²) in [4.78, 5) is 24.5. The summed E-state index contributed by atoms with van der Waals surface area (Å²) in [5, 5.41) is 2.54. The Kier molecular flexibility index (Phi) is 4.28. The summed E-state index contributed by atoms with van der Waals surface area (Å²) < 4.78 is 45.5. The van der Waals surface area contributed by atoms with Crippen LogP contribution in [-0.2, 0) is 23.9 Å². The van der Waals surface area contributed by atoms with Crippen LogP contribution in [0.5, 0.6) is 0 Å².